The molecule has 0 spiro atoms. The number of benzene rings is 2. The van der Waals surface area contributed by atoms with Gasteiger partial charge >= 0.3 is 6.01 Å². The molecule has 0 unspecified atom stereocenters. The summed E-state index contributed by atoms with van der Waals surface area (Å²) in [6.07, 6.45) is 5.18. The monoisotopic (exact) mass is 475 g/mol. The Hall–Kier alpha value is -4.92. The van der Waals surface area contributed by atoms with Crippen molar-refractivity contribution in [3.8, 4) is 45.7 Å². The van der Waals surface area contributed by atoms with Gasteiger partial charge in [0, 0.05) is 36.3 Å². The smallest absolute Gasteiger partial charge is 0.321 e. The maximum Gasteiger partial charge on any atom is 0.321 e. The lowest BCUT2D eigenvalue weighted by molar-refractivity contribution is 0.0924. The molecular formula is C27H21N7O2. The molecule has 9 nitrogen and oxygen atoms in total. The molecular weight excluding hydrogens is 454 g/mol. The van der Waals surface area contributed by atoms with Gasteiger partial charge in [0.15, 0.2) is 5.82 Å². The van der Waals surface area contributed by atoms with E-state index in [9.17, 15) is 4.79 Å². The van der Waals surface area contributed by atoms with Crippen molar-refractivity contribution in [2.24, 2.45) is 0 Å². The molecule has 3 aromatic heterocycles. The molecule has 9 heteroatoms. The van der Waals surface area contributed by atoms with E-state index in [4.69, 9.17) is 4.74 Å². The van der Waals surface area contributed by atoms with Gasteiger partial charge in [0.05, 0.1) is 12.2 Å². The van der Waals surface area contributed by atoms with Crippen LogP contribution in [0, 0.1) is 6.92 Å². The minimum Gasteiger partial charge on any atom is -0.424 e. The first kappa shape index (κ1) is 21.6. The maximum absolute atomic E-state index is 12.0. The van der Waals surface area contributed by atoms with Gasteiger partial charge in [-0.15, -0.1) is 0 Å². The Morgan fingerprint density at radius 2 is 1.61 bits per heavy atom. The second-order valence-electron chi connectivity index (χ2n) is 8.41. The molecule has 2 aromatic carbocycles. The Labute approximate surface area is 206 Å². The van der Waals surface area contributed by atoms with E-state index in [1.165, 1.54) is 5.56 Å². The van der Waals surface area contributed by atoms with Gasteiger partial charge in [-0.05, 0) is 48.9 Å². The van der Waals surface area contributed by atoms with Crippen LogP contribution in [0.15, 0.2) is 79.3 Å². The highest BCUT2D eigenvalue weighted by atomic mass is 16.5. The molecule has 0 atom stereocenters. The highest BCUT2D eigenvalue weighted by Gasteiger charge is 2.20. The van der Waals surface area contributed by atoms with Crippen LogP contribution in [-0.2, 0) is 6.54 Å². The Morgan fingerprint density at radius 3 is 2.36 bits per heavy atom. The Bertz CT molecular complexity index is 1540. The molecule has 0 saturated carbocycles. The zero-order valence-corrected chi connectivity index (χ0v) is 19.4. The Balaban J connectivity index is 1.18. The van der Waals surface area contributed by atoms with E-state index >= 15 is 0 Å². The average molecular weight is 476 g/mol. The molecule has 0 aliphatic carbocycles. The molecule has 6 rings (SSSR count). The third kappa shape index (κ3) is 4.29. The first-order valence-corrected chi connectivity index (χ1v) is 11.5. The quantitative estimate of drug-likeness (QED) is 0.404. The largest absolute Gasteiger partial charge is 0.424 e. The molecule has 1 aliphatic rings. The van der Waals surface area contributed by atoms with Crippen LogP contribution in [0.4, 0.5) is 0 Å². The van der Waals surface area contributed by atoms with E-state index in [2.05, 4.69) is 49.4 Å². The van der Waals surface area contributed by atoms with Crippen molar-refractivity contribution in [1.29, 1.82) is 0 Å². The van der Waals surface area contributed by atoms with Crippen LogP contribution in [0.25, 0.3) is 33.9 Å². The van der Waals surface area contributed by atoms with Crippen LogP contribution in [0.2, 0.25) is 0 Å². The molecule has 176 valence electrons. The van der Waals surface area contributed by atoms with Gasteiger partial charge in [-0.3, -0.25) is 9.48 Å². The molecule has 36 heavy (non-hydrogen) atoms. The molecule has 1 N–H and O–H groups in total. The lowest BCUT2D eigenvalue weighted by Gasteiger charge is -2.13. The number of amides is 1. The minimum atomic E-state index is -0.126. The fourth-order valence-corrected chi connectivity index (χ4v) is 3.94. The Kier molecular flexibility index (Phi) is 5.42. The molecule has 4 heterocycles. The minimum absolute atomic E-state index is 0.126. The summed E-state index contributed by atoms with van der Waals surface area (Å²) in [6.45, 7) is 3.26. The number of carbonyl (C=O) groups is 1. The summed E-state index contributed by atoms with van der Waals surface area (Å²) in [5.74, 6) is 1.03. The van der Waals surface area contributed by atoms with E-state index in [0.717, 1.165) is 16.7 Å². The second kappa shape index (κ2) is 9.03. The molecule has 1 aliphatic heterocycles. The van der Waals surface area contributed by atoms with E-state index in [1.54, 1.807) is 35.4 Å². The molecule has 0 fully saturated rings. The number of aryl methyl sites for hydroxylation is 1. The maximum atomic E-state index is 12.0. The normalized spacial score (nSPS) is 12.6. The number of ether oxygens (including phenoxy) is 1. The predicted octanol–water partition coefficient (Wildman–Crippen LogP) is 4.31. The number of nitrogens with zero attached hydrogens (tertiary/aromatic N) is 6. The van der Waals surface area contributed by atoms with Gasteiger partial charge in [-0.1, -0.05) is 29.8 Å². The van der Waals surface area contributed by atoms with Crippen molar-refractivity contribution in [2.45, 2.75) is 13.5 Å². The van der Waals surface area contributed by atoms with E-state index in [1.807, 2.05) is 36.4 Å². The highest BCUT2D eigenvalue weighted by Crippen LogP contribution is 2.26. The van der Waals surface area contributed by atoms with Gasteiger partial charge in [0.1, 0.15) is 17.1 Å². The topological polar surface area (TPSA) is 108 Å². The number of hydrogen-bond acceptors (Lipinski definition) is 7. The zero-order chi connectivity index (χ0) is 24.5. The van der Waals surface area contributed by atoms with Crippen LogP contribution < -0.4 is 10.1 Å². The number of carbonyl (C=O) groups excluding carboxylic acids is 1. The van der Waals surface area contributed by atoms with Gasteiger partial charge in [-0.25, -0.2) is 19.9 Å². The van der Waals surface area contributed by atoms with Crippen molar-refractivity contribution in [1.82, 2.24) is 35.0 Å². The highest BCUT2D eigenvalue weighted by molar-refractivity contribution is 5.94. The zero-order valence-electron chi connectivity index (χ0n) is 19.4. The molecule has 5 aromatic rings. The van der Waals surface area contributed by atoms with Crippen LogP contribution in [0.1, 0.15) is 16.1 Å². The van der Waals surface area contributed by atoms with E-state index < -0.39 is 0 Å². The van der Waals surface area contributed by atoms with Crippen molar-refractivity contribution in [2.75, 3.05) is 6.54 Å². The summed E-state index contributed by atoms with van der Waals surface area (Å²) in [4.78, 5) is 29.8. The second-order valence-corrected chi connectivity index (χ2v) is 8.41. The van der Waals surface area contributed by atoms with Crippen LogP contribution >= 0.6 is 0 Å². The Morgan fingerprint density at radius 1 is 0.861 bits per heavy atom. The van der Waals surface area contributed by atoms with Crippen molar-refractivity contribution in [3.05, 3.63) is 90.5 Å². The first-order chi connectivity index (χ1) is 17.6. The summed E-state index contributed by atoms with van der Waals surface area (Å²) in [5.41, 5.74) is 5.82. The summed E-state index contributed by atoms with van der Waals surface area (Å²) in [7, 11) is 0. The van der Waals surface area contributed by atoms with Crippen molar-refractivity contribution >= 4 is 5.91 Å². The van der Waals surface area contributed by atoms with E-state index in [-0.39, 0.29) is 11.9 Å². The average Bonchev–Trinajstić information content (AvgIpc) is 3.36. The molecule has 1 amide bonds. The fourth-order valence-electron chi connectivity index (χ4n) is 3.94. The standard InChI is InChI=1S/C27H21N7O2/c1-17-2-4-18(5-3-17)20-15-30-27(31-16-20)36-21-8-6-19(7-9-21)25-28-11-10-22(32-25)23-14-24-26(35)29-12-13-34(24)33-23/h2-11,14-16H,12-13H2,1H3,(H,29,35). The van der Waals surface area contributed by atoms with Crippen molar-refractivity contribution < 1.29 is 9.53 Å². The molecule has 0 saturated heterocycles. The SMILES string of the molecule is Cc1ccc(-c2cnc(Oc3ccc(-c4nccc(-c5cc6n(n5)CCNC6=O)n4)cc3)nc2)cc1. The van der Waals surface area contributed by atoms with Crippen LogP contribution in [0.3, 0.4) is 0 Å². The number of nitrogens with one attached hydrogen (secondary N) is 1. The third-order valence-corrected chi connectivity index (χ3v) is 5.87. The summed E-state index contributed by atoms with van der Waals surface area (Å²) in [6, 6.07) is 19.4. The van der Waals surface area contributed by atoms with Gasteiger partial charge < -0.3 is 10.1 Å². The molecule has 0 bridgehead atoms. The fraction of sp³-hybridized carbons (Fsp3) is 0.111. The number of rotatable bonds is 5. The summed E-state index contributed by atoms with van der Waals surface area (Å²) in [5, 5.41) is 7.35. The van der Waals surface area contributed by atoms with Crippen LogP contribution in [-0.4, -0.2) is 42.2 Å². The summed E-state index contributed by atoms with van der Waals surface area (Å²) < 4.78 is 7.52. The third-order valence-electron chi connectivity index (χ3n) is 5.87. The lowest BCUT2D eigenvalue weighted by atomic mass is 10.1. The molecule has 0 radical (unpaired) electrons. The van der Waals surface area contributed by atoms with Gasteiger partial charge in [0.2, 0.25) is 0 Å². The summed E-state index contributed by atoms with van der Waals surface area (Å²) >= 11 is 0. The van der Waals surface area contributed by atoms with Crippen molar-refractivity contribution in [3.63, 3.8) is 0 Å². The van der Waals surface area contributed by atoms with Crippen LogP contribution in [0.5, 0.6) is 11.8 Å². The number of aromatic nitrogens is 6. The van der Waals surface area contributed by atoms with Gasteiger partial charge in [-0.2, -0.15) is 5.10 Å². The number of fused-ring (bicyclic) bond motifs is 1. The predicted molar refractivity (Wildman–Crippen MR) is 133 cm³/mol. The van der Waals surface area contributed by atoms with Gasteiger partial charge in [0.25, 0.3) is 5.91 Å². The first-order valence-electron chi connectivity index (χ1n) is 11.5. The number of hydrogen-bond donors (Lipinski definition) is 1. The van der Waals surface area contributed by atoms with E-state index in [0.29, 0.717) is 41.7 Å². The lowest BCUT2D eigenvalue weighted by Crippen LogP contribution is -2.35.